The molecule has 2 rings (SSSR count). The number of benzene rings is 1. The van der Waals surface area contributed by atoms with E-state index in [-0.39, 0.29) is 5.52 Å². The van der Waals surface area contributed by atoms with Gasteiger partial charge >= 0.3 is 13.5 Å². The van der Waals surface area contributed by atoms with E-state index in [4.69, 9.17) is 0 Å². The molecule has 0 N–H and O–H groups in total. The van der Waals surface area contributed by atoms with Gasteiger partial charge in [0.2, 0.25) is 0 Å². The van der Waals surface area contributed by atoms with Crippen molar-refractivity contribution in [2.24, 2.45) is 0 Å². The van der Waals surface area contributed by atoms with Crippen LogP contribution < -0.4 is 0 Å². The average Bonchev–Trinajstić information content (AvgIpc) is 2.37. The van der Waals surface area contributed by atoms with E-state index in [1.165, 1.54) is 6.42 Å². The molecule has 0 spiro atoms. The fourth-order valence-electron chi connectivity index (χ4n) is 2.80. The van der Waals surface area contributed by atoms with Crippen molar-refractivity contribution in [2.45, 2.75) is 40.0 Å². The first-order valence-corrected chi connectivity index (χ1v) is 8.06. The van der Waals surface area contributed by atoms with E-state index in [9.17, 15) is 9.36 Å². The first-order valence-electron chi connectivity index (χ1n) is 6.85. The van der Waals surface area contributed by atoms with Crippen LogP contribution in [0, 0.1) is 20.8 Å². The van der Waals surface area contributed by atoms with Gasteiger partial charge in [0, 0.05) is 13.1 Å². The lowest BCUT2D eigenvalue weighted by Gasteiger charge is -2.16. The molecule has 1 atom stereocenters. The molecule has 0 aromatic heterocycles. The molecular formula is C15H21NO2P+. The summed E-state index contributed by atoms with van der Waals surface area (Å²) < 4.78 is 14.3. The molecule has 0 saturated carbocycles. The second-order valence-electron chi connectivity index (χ2n) is 5.37. The highest BCUT2D eigenvalue weighted by Crippen LogP contribution is 2.36. The van der Waals surface area contributed by atoms with Gasteiger partial charge in [-0.05, 0) is 49.3 Å². The number of carbonyl (C=O) groups is 1. The lowest BCUT2D eigenvalue weighted by Crippen LogP contribution is -2.25. The Morgan fingerprint density at radius 2 is 1.58 bits per heavy atom. The molecule has 1 unspecified atom stereocenters. The van der Waals surface area contributed by atoms with Crippen LogP contribution in [0.2, 0.25) is 0 Å². The van der Waals surface area contributed by atoms with Crippen LogP contribution in [-0.2, 0) is 4.57 Å². The summed E-state index contributed by atoms with van der Waals surface area (Å²) in [4.78, 5) is 12.5. The average molecular weight is 278 g/mol. The summed E-state index contributed by atoms with van der Waals surface area (Å²) in [7, 11) is -1.93. The zero-order chi connectivity index (χ0) is 14.0. The maximum absolute atomic E-state index is 12.5. The number of hydrogen-bond acceptors (Lipinski definition) is 2. The topological polar surface area (TPSA) is 37.4 Å². The van der Waals surface area contributed by atoms with Crippen molar-refractivity contribution in [2.75, 3.05) is 13.1 Å². The van der Waals surface area contributed by atoms with E-state index in [0.717, 1.165) is 42.6 Å². The normalized spacial score (nSPS) is 17.3. The third-order valence-electron chi connectivity index (χ3n) is 3.65. The number of carbonyl (C=O) groups excluding carboxylic acids is 1. The molecule has 0 bridgehead atoms. The van der Waals surface area contributed by atoms with Crippen LogP contribution >= 0.6 is 7.95 Å². The number of rotatable bonds is 3. The second kappa shape index (κ2) is 5.94. The van der Waals surface area contributed by atoms with Crippen molar-refractivity contribution < 1.29 is 9.36 Å². The van der Waals surface area contributed by atoms with Crippen LogP contribution in [0.3, 0.4) is 0 Å². The van der Waals surface area contributed by atoms with Gasteiger partial charge in [0.05, 0.1) is 5.56 Å². The van der Waals surface area contributed by atoms with Crippen LogP contribution in [0.25, 0.3) is 0 Å². The largest absolute Gasteiger partial charge is 0.518 e. The van der Waals surface area contributed by atoms with Gasteiger partial charge in [-0.2, -0.15) is 0 Å². The SMILES string of the molecule is Cc1cc(C)c(C(=O)[P+](=O)N2CCCCC2)c(C)c1. The summed E-state index contributed by atoms with van der Waals surface area (Å²) in [5.41, 5.74) is 3.45. The Bertz CT molecular complexity index is 496. The summed E-state index contributed by atoms with van der Waals surface area (Å²) in [6, 6.07) is 3.97. The van der Waals surface area contributed by atoms with E-state index in [2.05, 4.69) is 0 Å². The quantitative estimate of drug-likeness (QED) is 0.785. The van der Waals surface area contributed by atoms with Gasteiger partial charge in [-0.15, -0.1) is 0 Å². The van der Waals surface area contributed by atoms with Crippen LogP contribution in [0.1, 0.15) is 46.3 Å². The van der Waals surface area contributed by atoms with E-state index >= 15 is 0 Å². The van der Waals surface area contributed by atoms with Crippen molar-refractivity contribution in [1.82, 2.24) is 4.67 Å². The van der Waals surface area contributed by atoms with E-state index < -0.39 is 7.95 Å². The maximum Gasteiger partial charge on any atom is 0.518 e. The molecule has 1 fully saturated rings. The van der Waals surface area contributed by atoms with Crippen LogP contribution in [-0.4, -0.2) is 23.3 Å². The predicted molar refractivity (Wildman–Crippen MR) is 78.0 cm³/mol. The van der Waals surface area contributed by atoms with Gasteiger partial charge in [0.1, 0.15) is 0 Å². The Morgan fingerprint density at radius 1 is 1.05 bits per heavy atom. The standard InChI is InChI=1S/C15H21NO2P/c1-11-9-12(2)14(13(3)10-11)15(17)19(18)16-7-5-4-6-8-16/h9-10H,4-8H2,1-3H3/q+1. The Labute approximate surface area is 115 Å². The molecule has 4 heteroatoms. The summed E-state index contributed by atoms with van der Waals surface area (Å²) in [5, 5.41) is 0. The number of nitrogens with zero attached hydrogens (tertiary/aromatic N) is 1. The zero-order valence-electron chi connectivity index (χ0n) is 11.9. The van der Waals surface area contributed by atoms with Crippen molar-refractivity contribution in [3.63, 3.8) is 0 Å². The summed E-state index contributed by atoms with van der Waals surface area (Å²) in [5.74, 6) is 0. The Hall–Kier alpha value is -1.05. The predicted octanol–water partition coefficient (Wildman–Crippen LogP) is 3.98. The molecule has 19 heavy (non-hydrogen) atoms. The molecule has 1 aromatic carbocycles. The molecule has 102 valence electrons. The fraction of sp³-hybridized carbons (Fsp3) is 0.533. The third kappa shape index (κ3) is 3.10. The molecule has 1 aromatic rings. The summed E-state index contributed by atoms with van der Waals surface area (Å²) in [6.45, 7) is 7.42. The van der Waals surface area contributed by atoms with Crippen molar-refractivity contribution >= 4 is 13.5 Å². The first-order chi connectivity index (χ1) is 9.00. The lowest BCUT2D eigenvalue weighted by atomic mass is 10.0. The summed E-state index contributed by atoms with van der Waals surface area (Å²) >= 11 is 0. The Kier molecular flexibility index (Phi) is 4.49. The summed E-state index contributed by atoms with van der Waals surface area (Å²) in [6.07, 6.45) is 3.26. The van der Waals surface area contributed by atoms with Crippen molar-refractivity contribution in [1.29, 1.82) is 0 Å². The molecule has 1 aliphatic heterocycles. The van der Waals surface area contributed by atoms with E-state index in [1.54, 1.807) is 0 Å². The molecule has 0 radical (unpaired) electrons. The monoisotopic (exact) mass is 278 g/mol. The van der Waals surface area contributed by atoms with E-state index in [0.29, 0.717) is 5.56 Å². The van der Waals surface area contributed by atoms with Gasteiger partial charge < -0.3 is 0 Å². The van der Waals surface area contributed by atoms with E-state index in [1.807, 2.05) is 37.6 Å². The number of piperidine rings is 1. The molecule has 3 nitrogen and oxygen atoms in total. The van der Waals surface area contributed by atoms with Crippen LogP contribution in [0.5, 0.6) is 0 Å². The number of aryl methyl sites for hydroxylation is 3. The maximum atomic E-state index is 12.5. The molecular weight excluding hydrogens is 257 g/mol. The lowest BCUT2D eigenvalue weighted by molar-refractivity contribution is 0.106. The van der Waals surface area contributed by atoms with Crippen molar-refractivity contribution in [3.8, 4) is 0 Å². The highest BCUT2D eigenvalue weighted by atomic mass is 31.1. The van der Waals surface area contributed by atoms with Gasteiger partial charge in [0.25, 0.3) is 0 Å². The minimum atomic E-state index is -1.93. The smallest absolute Gasteiger partial charge is 0.232 e. The fourth-order valence-corrected chi connectivity index (χ4v) is 4.25. The van der Waals surface area contributed by atoms with Crippen LogP contribution in [0.15, 0.2) is 12.1 Å². The minimum absolute atomic E-state index is 0.202. The molecule has 1 saturated heterocycles. The molecule has 0 aliphatic carbocycles. The second-order valence-corrected chi connectivity index (χ2v) is 6.88. The first kappa shape index (κ1) is 14.4. The van der Waals surface area contributed by atoms with Gasteiger partial charge in [-0.3, -0.25) is 0 Å². The highest BCUT2D eigenvalue weighted by Gasteiger charge is 2.40. The van der Waals surface area contributed by atoms with Gasteiger partial charge in [-0.1, -0.05) is 28.8 Å². The minimum Gasteiger partial charge on any atom is -0.232 e. The molecule has 0 amide bonds. The Balaban J connectivity index is 2.26. The molecule has 1 aliphatic rings. The highest BCUT2D eigenvalue weighted by molar-refractivity contribution is 7.62. The Morgan fingerprint density at radius 3 is 2.11 bits per heavy atom. The van der Waals surface area contributed by atoms with Gasteiger partial charge in [0.15, 0.2) is 0 Å². The van der Waals surface area contributed by atoms with Gasteiger partial charge in [-0.25, -0.2) is 4.79 Å². The van der Waals surface area contributed by atoms with Crippen molar-refractivity contribution in [3.05, 3.63) is 34.4 Å². The third-order valence-corrected chi connectivity index (χ3v) is 5.14. The van der Waals surface area contributed by atoms with Crippen LogP contribution in [0.4, 0.5) is 0 Å². The molecule has 1 heterocycles. The number of hydrogen-bond donors (Lipinski definition) is 0. The zero-order valence-corrected chi connectivity index (χ0v) is 12.8.